The molecule has 0 aliphatic carbocycles. The molecule has 0 radical (unpaired) electrons. The summed E-state index contributed by atoms with van der Waals surface area (Å²) < 4.78 is 5.70. The molecule has 4 heterocycles. The molecule has 9 nitrogen and oxygen atoms in total. The predicted molar refractivity (Wildman–Crippen MR) is 162 cm³/mol. The van der Waals surface area contributed by atoms with E-state index in [9.17, 15) is 19.5 Å². The Kier molecular flexibility index (Phi) is 8.42. The van der Waals surface area contributed by atoms with E-state index in [0.29, 0.717) is 44.8 Å². The number of carbonyl (C=O) groups excluding carboxylic acids is 2. The van der Waals surface area contributed by atoms with Gasteiger partial charge in [0.15, 0.2) is 0 Å². The number of nitrogens with zero attached hydrogens (tertiary/aromatic N) is 4. The molecule has 3 unspecified atom stereocenters. The van der Waals surface area contributed by atoms with Crippen molar-refractivity contribution in [3.05, 3.63) is 89.2 Å². The molecule has 2 aromatic carbocycles. The van der Waals surface area contributed by atoms with Crippen LogP contribution < -0.4 is 9.64 Å². The summed E-state index contributed by atoms with van der Waals surface area (Å²) in [6.45, 7) is 4.74. The lowest BCUT2D eigenvalue weighted by Gasteiger charge is -2.30. The van der Waals surface area contributed by atoms with Crippen molar-refractivity contribution in [3.8, 4) is 5.75 Å². The summed E-state index contributed by atoms with van der Waals surface area (Å²) in [6, 6.07) is 16.9. The number of aromatic nitrogens is 1. The molecule has 1 N–H and O–H groups in total. The highest BCUT2D eigenvalue weighted by atomic mass is 16.5. The first-order valence-corrected chi connectivity index (χ1v) is 15.2. The van der Waals surface area contributed by atoms with Crippen molar-refractivity contribution in [1.82, 2.24) is 14.8 Å². The van der Waals surface area contributed by atoms with Gasteiger partial charge in [-0.05, 0) is 53.8 Å². The van der Waals surface area contributed by atoms with Crippen LogP contribution in [0, 0.1) is 5.92 Å². The van der Waals surface area contributed by atoms with Gasteiger partial charge in [-0.2, -0.15) is 0 Å². The van der Waals surface area contributed by atoms with E-state index in [-0.39, 0.29) is 24.3 Å². The minimum absolute atomic E-state index is 0.0272. The van der Waals surface area contributed by atoms with E-state index in [4.69, 9.17) is 4.74 Å². The molecule has 1 aromatic heterocycles. The van der Waals surface area contributed by atoms with E-state index in [2.05, 4.69) is 18.0 Å². The lowest BCUT2D eigenvalue weighted by molar-refractivity contribution is -0.143. The highest BCUT2D eigenvalue weighted by Gasteiger charge is 2.47. The summed E-state index contributed by atoms with van der Waals surface area (Å²) in [7, 11) is 0. The average Bonchev–Trinajstić information content (AvgIpc) is 3.72. The molecule has 1 saturated heterocycles. The van der Waals surface area contributed by atoms with Crippen molar-refractivity contribution in [1.29, 1.82) is 0 Å². The van der Waals surface area contributed by atoms with Crippen molar-refractivity contribution < 1.29 is 24.2 Å². The largest absolute Gasteiger partial charge is 0.493 e. The molecule has 2 amide bonds. The number of ether oxygens (including phenoxy) is 1. The molecular formula is C34H38N4O5. The monoisotopic (exact) mass is 582 g/mol. The molecule has 3 atom stereocenters. The molecule has 43 heavy (non-hydrogen) atoms. The first-order valence-electron chi connectivity index (χ1n) is 15.2. The van der Waals surface area contributed by atoms with Crippen LogP contribution in [0.2, 0.25) is 0 Å². The highest BCUT2D eigenvalue weighted by Crippen LogP contribution is 2.41. The Balaban J connectivity index is 1.28. The van der Waals surface area contributed by atoms with Gasteiger partial charge in [0.2, 0.25) is 5.91 Å². The van der Waals surface area contributed by atoms with Crippen LogP contribution in [0.25, 0.3) is 0 Å². The van der Waals surface area contributed by atoms with Crippen LogP contribution in [0.4, 0.5) is 5.69 Å². The molecule has 3 aromatic rings. The zero-order valence-electron chi connectivity index (χ0n) is 24.5. The number of carboxylic acid groups (broad SMARTS) is 1. The van der Waals surface area contributed by atoms with Gasteiger partial charge in [0, 0.05) is 56.3 Å². The van der Waals surface area contributed by atoms with Crippen LogP contribution in [0.3, 0.4) is 0 Å². The maximum atomic E-state index is 13.9. The van der Waals surface area contributed by atoms with E-state index in [1.807, 2.05) is 53.4 Å². The normalized spacial score (nSPS) is 21.0. The fourth-order valence-corrected chi connectivity index (χ4v) is 6.90. The summed E-state index contributed by atoms with van der Waals surface area (Å²) in [5.41, 5.74) is 4.48. The number of pyridine rings is 1. The van der Waals surface area contributed by atoms with Crippen molar-refractivity contribution >= 4 is 23.5 Å². The third-order valence-electron chi connectivity index (χ3n) is 9.10. The predicted octanol–water partition coefficient (Wildman–Crippen LogP) is 4.36. The maximum Gasteiger partial charge on any atom is 0.308 e. The second-order valence-corrected chi connectivity index (χ2v) is 11.7. The molecule has 6 rings (SSSR count). The summed E-state index contributed by atoms with van der Waals surface area (Å²) in [4.78, 5) is 49.8. The average molecular weight is 583 g/mol. The second-order valence-electron chi connectivity index (χ2n) is 11.7. The van der Waals surface area contributed by atoms with E-state index >= 15 is 0 Å². The fourth-order valence-electron chi connectivity index (χ4n) is 6.90. The van der Waals surface area contributed by atoms with Crippen molar-refractivity contribution in [2.75, 3.05) is 37.7 Å². The number of amides is 2. The van der Waals surface area contributed by atoms with Crippen molar-refractivity contribution in [3.63, 3.8) is 0 Å². The quantitative estimate of drug-likeness (QED) is 0.358. The van der Waals surface area contributed by atoms with Crippen LogP contribution in [0.5, 0.6) is 5.75 Å². The number of unbranched alkanes of at least 4 members (excludes halogenated alkanes) is 1. The van der Waals surface area contributed by atoms with Crippen molar-refractivity contribution in [2.45, 2.75) is 51.1 Å². The SMILES string of the molecule is CCCCN(C(=O)CN1CC(c2ccc3c(c2)CCO3)C(C(=O)O)C1CCN1Cc2ccccc2C1=O)c1cccnc1. The number of carbonyl (C=O) groups is 3. The number of carboxylic acids is 1. The third kappa shape index (κ3) is 5.86. The molecule has 224 valence electrons. The van der Waals surface area contributed by atoms with E-state index in [1.165, 1.54) is 0 Å². The fraction of sp³-hybridized carbons (Fsp3) is 0.412. The molecule has 0 saturated carbocycles. The summed E-state index contributed by atoms with van der Waals surface area (Å²) in [6.07, 6.45) is 6.42. The first kappa shape index (κ1) is 28.9. The van der Waals surface area contributed by atoms with Crippen LogP contribution in [-0.4, -0.2) is 76.5 Å². The minimum atomic E-state index is -0.882. The topological polar surface area (TPSA) is 103 Å². The smallest absolute Gasteiger partial charge is 0.308 e. The zero-order valence-corrected chi connectivity index (χ0v) is 24.5. The lowest BCUT2D eigenvalue weighted by atomic mass is 9.83. The third-order valence-corrected chi connectivity index (χ3v) is 9.10. The van der Waals surface area contributed by atoms with Crippen LogP contribution in [-0.2, 0) is 22.6 Å². The van der Waals surface area contributed by atoms with Crippen LogP contribution in [0.1, 0.15) is 59.2 Å². The summed E-state index contributed by atoms with van der Waals surface area (Å²) >= 11 is 0. The number of anilines is 1. The van der Waals surface area contributed by atoms with Gasteiger partial charge in [-0.25, -0.2) is 0 Å². The zero-order chi connectivity index (χ0) is 29.9. The van der Waals surface area contributed by atoms with Gasteiger partial charge < -0.3 is 19.6 Å². The molecule has 3 aliphatic heterocycles. The standard InChI is InChI=1S/C34H38N4O5/c1-2-3-15-38(26-8-6-14-35-19-26)31(39)22-37-21-28(23-10-11-30-24(18-23)13-17-43-30)32(34(41)42)29(37)12-16-36-20-25-7-4-5-9-27(25)33(36)40/h4-11,14,18-19,28-29,32H,2-3,12-13,15-17,20-22H2,1H3,(H,41,42). The molecule has 0 bridgehead atoms. The molecular weight excluding hydrogens is 544 g/mol. The number of rotatable bonds is 11. The Morgan fingerprint density at radius 3 is 2.74 bits per heavy atom. The second kappa shape index (κ2) is 12.6. The lowest BCUT2D eigenvalue weighted by Crippen LogP contribution is -2.45. The van der Waals surface area contributed by atoms with Gasteiger partial charge in [0.1, 0.15) is 5.75 Å². The number of fused-ring (bicyclic) bond motifs is 2. The summed E-state index contributed by atoms with van der Waals surface area (Å²) in [5.74, 6) is -1.16. The molecule has 3 aliphatic rings. The van der Waals surface area contributed by atoms with Gasteiger partial charge in [-0.3, -0.25) is 24.3 Å². The number of benzene rings is 2. The van der Waals surface area contributed by atoms with E-state index < -0.39 is 17.9 Å². The minimum Gasteiger partial charge on any atom is -0.493 e. The van der Waals surface area contributed by atoms with Gasteiger partial charge in [0.25, 0.3) is 5.91 Å². The Bertz CT molecular complexity index is 1500. The van der Waals surface area contributed by atoms with Crippen molar-refractivity contribution in [2.24, 2.45) is 5.92 Å². The van der Waals surface area contributed by atoms with Gasteiger partial charge in [0.05, 0.1) is 31.0 Å². The Hall–Kier alpha value is -4.24. The maximum absolute atomic E-state index is 13.9. The van der Waals surface area contributed by atoms with Crippen LogP contribution in [0.15, 0.2) is 67.0 Å². The molecule has 0 spiro atoms. The Labute approximate surface area is 252 Å². The van der Waals surface area contributed by atoms with Crippen LogP contribution >= 0.6 is 0 Å². The number of likely N-dealkylation sites (tertiary alicyclic amines) is 1. The highest BCUT2D eigenvalue weighted by molar-refractivity contribution is 5.98. The van der Waals surface area contributed by atoms with Gasteiger partial charge >= 0.3 is 5.97 Å². The molecule has 1 fully saturated rings. The van der Waals surface area contributed by atoms with E-state index in [1.54, 1.807) is 22.2 Å². The number of aliphatic carboxylic acids is 1. The van der Waals surface area contributed by atoms with Gasteiger partial charge in [-0.15, -0.1) is 0 Å². The van der Waals surface area contributed by atoms with Gasteiger partial charge in [-0.1, -0.05) is 43.7 Å². The molecule has 9 heteroatoms. The first-order chi connectivity index (χ1) is 20.9. The van der Waals surface area contributed by atoms with E-state index in [0.717, 1.165) is 47.4 Å². The Morgan fingerprint density at radius 2 is 1.98 bits per heavy atom. The number of hydrogen-bond donors (Lipinski definition) is 1. The number of hydrogen-bond acceptors (Lipinski definition) is 6. The Morgan fingerprint density at radius 1 is 1.12 bits per heavy atom. The summed E-state index contributed by atoms with van der Waals surface area (Å²) in [5, 5.41) is 10.6.